The van der Waals surface area contributed by atoms with Crippen LogP contribution in [-0.4, -0.2) is 14.6 Å². The summed E-state index contributed by atoms with van der Waals surface area (Å²) in [4.78, 5) is 16.3. The highest BCUT2D eigenvalue weighted by Gasteiger charge is 2.04. The van der Waals surface area contributed by atoms with Crippen molar-refractivity contribution in [2.24, 2.45) is 0 Å². The van der Waals surface area contributed by atoms with E-state index < -0.39 is 0 Å². The van der Waals surface area contributed by atoms with E-state index in [1.165, 1.54) is 34.3 Å². The average molecular weight is 247 g/mol. The molecule has 6 heteroatoms. The van der Waals surface area contributed by atoms with Gasteiger partial charge in [-0.3, -0.25) is 4.79 Å². The highest BCUT2D eigenvalue weighted by molar-refractivity contribution is 7.15. The molecule has 84 valence electrons. The quantitative estimate of drug-likeness (QED) is 0.640. The second-order valence-electron chi connectivity index (χ2n) is 3.43. The first kappa shape index (κ1) is 10.1. The zero-order chi connectivity index (χ0) is 11.8. The maximum atomic E-state index is 13.0. The van der Waals surface area contributed by atoms with Gasteiger partial charge in [0.1, 0.15) is 12.1 Å². The van der Waals surface area contributed by atoms with Gasteiger partial charge in [0.15, 0.2) is 0 Å². The number of hydrogen-bond donors (Lipinski definition) is 0. The Bertz CT molecular complexity index is 793. The lowest BCUT2D eigenvalue weighted by molar-refractivity contribution is 0.627. The van der Waals surface area contributed by atoms with Crippen LogP contribution in [0, 0.1) is 5.82 Å². The molecule has 4 nitrogen and oxygen atoms in total. The molecule has 2 aromatic heterocycles. The predicted octanol–water partition coefficient (Wildman–Crippen LogP) is 0.838. The minimum atomic E-state index is -0.328. The Balaban J connectivity index is 2.24. The largest absolute Gasteiger partial charge is 0.291 e. The van der Waals surface area contributed by atoms with Crippen LogP contribution in [-0.2, 0) is 0 Å². The van der Waals surface area contributed by atoms with Gasteiger partial charge in [-0.05, 0) is 23.8 Å². The van der Waals surface area contributed by atoms with Gasteiger partial charge in [0, 0.05) is 0 Å². The molecule has 3 aromatic rings. The highest BCUT2D eigenvalue weighted by atomic mass is 32.1. The fourth-order valence-electron chi connectivity index (χ4n) is 1.53. The van der Waals surface area contributed by atoms with Gasteiger partial charge in [0.25, 0.3) is 5.56 Å². The third-order valence-electron chi connectivity index (χ3n) is 2.27. The number of halogens is 1. The Labute approximate surface area is 98.7 Å². The van der Waals surface area contributed by atoms with Gasteiger partial charge in [-0.2, -0.15) is 9.61 Å². The van der Waals surface area contributed by atoms with Crippen molar-refractivity contribution in [3.05, 3.63) is 56.9 Å². The van der Waals surface area contributed by atoms with Gasteiger partial charge in [-0.15, -0.1) is 0 Å². The van der Waals surface area contributed by atoms with Crippen molar-refractivity contribution in [3.8, 4) is 0 Å². The second kappa shape index (κ2) is 3.74. The molecule has 0 saturated carbocycles. The highest BCUT2D eigenvalue weighted by Crippen LogP contribution is 2.04. The van der Waals surface area contributed by atoms with Crippen LogP contribution in [0.25, 0.3) is 11.0 Å². The van der Waals surface area contributed by atoms with E-state index in [1.54, 1.807) is 18.2 Å². The van der Waals surface area contributed by atoms with Crippen molar-refractivity contribution in [2.45, 2.75) is 0 Å². The van der Waals surface area contributed by atoms with E-state index >= 15 is 0 Å². The lowest BCUT2D eigenvalue weighted by Gasteiger charge is -1.90. The summed E-state index contributed by atoms with van der Waals surface area (Å²) in [5.74, 6) is -0.328. The lowest BCUT2D eigenvalue weighted by atomic mass is 10.2. The number of aromatic nitrogens is 3. The standard InChI is InChI=1S/C11H6FN3OS/c12-8-3-1-2-7(4-8)5-9-10(16)15-11(17-9)13-6-14-15/h1-6H/b9-5-. The molecule has 0 amide bonds. The van der Waals surface area contributed by atoms with Crippen molar-refractivity contribution < 1.29 is 4.39 Å². The zero-order valence-corrected chi connectivity index (χ0v) is 9.32. The van der Waals surface area contributed by atoms with E-state index in [0.717, 1.165) is 0 Å². The monoisotopic (exact) mass is 247 g/mol. The Kier molecular flexibility index (Phi) is 2.22. The molecule has 3 rings (SSSR count). The molecular formula is C11H6FN3OS. The minimum absolute atomic E-state index is 0.230. The van der Waals surface area contributed by atoms with Crippen molar-refractivity contribution >= 4 is 22.4 Å². The van der Waals surface area contributed by atoms with Gasteiger partial charge in [0.2, 0.25) is 4.96 Å². The summed E-state index contributed by atoms with van der Waals surface area (Å²) >= 11 is 1.23. The summed E-state index contributed by atoms with van der Waals surface area (Å²) in [6.07, 6.45) is 2.96. The summed E-state index contributed by atoms with van der Waals surface area (Å²) in [5, 5.41) is 3.81. The summed E-state index contributed by atoms with van der Waals surface area (Å²) in [6, 6.07) is 6.06. The van der Waals surface area contributed by atoms with Gasteiger partial charge in [-0.25, -0.2) is 9.37 Å². The zero-order valence-electron chi connectivity index (χ0n) is 8.50. The first-order valence-corrected chi connectivity index (χ1v) is 5.65. The fourth-order valence-corrected chi connectivity index (χ4v) is 2.41. The van der Waals surface area contributed by atoms with Crippen LogP contribution in [0.5, 0.6) is 0 Å². The molecule has 0 spiro atoms. The Morgan fingerprint density at radius 3 is 3.06 bits per heavy atom. The van der Waals surface area contributed by atoms with E-state index in [0.29, 0.717) is 15.1 Å². The number of nitrogens with zero attached hydrogens (tertiary/aromatic N) is 3. The molecule has 2 heterocycles. The minimum Gasteiger partial charge on any atom is -0.266 e. The van der Waals surface area contributed by atoms with Gasteiger partial charge in [-0.1, -0.05) is 23.5 Å². The maximum Gasteiger partial charge on any atom is 0.291 e. The van der Waals surface area contributed by atoms with E-state index in [9.17, 15) is 9.18 Å². The van der Waals surface area contributed by atoms with Crippen molar-refractivity contribution in [3.63, 3.8) is 0 Å². The van der Waals surface area contributed by atoms with E-state index in [1.807, 2.05) is 0 Å². The van der Waals surface area contributed by atoms with E-state index in [2.05, 4.69) is 10.1 Å². The third kappa shape index (κ3) is 1.72. The number of thiazole rings is 1. The van der Waals surface area contributed by atoms with Gasteiger partial charge < -0.3 is 0 Å². The van der Waals surface area contributed by atoms with Crippen LogP contribution in [0.3, 0.4) is 0 Å². The topological polar surface area (TPSA) is 47.3 Å². The lowest BCUT2D eigenvalue weighted by Crippen LogP contribution is -2.23. The molecular weight excluding hydrogens is 241 g/mol. The number of benzene rings is 1. The molecule has 17 heavy (non-hydrogen) atoms. The second-order valence-corrected chi connectivity index (χ2v) is 4.43. The Morgan fingerprint density at radius 2 is 2.29 bits per heavy atom. The fraction of sp³-hybridized carbons (Fsp3) is 0. The summed E-state index contributed by atoms with van der Waals surface area (Å²) < 4.78 is 14.7. The molecule has 0 atom stereocenters. The summed E-state index contributed by atoms with van der Waals surface area (Å²) in [7, 11) is 0. The first-order valence-electron chi connectivity index (χ1n) is 4.84. The normalized spacial score (nSPS) is 12.4. The molecule has 1 aromatic carbocycles. The first-order chi connectivity index (χ1) is 8.24. The molecule has 0 aliphatic rings. The molecule has 0 aliphatic heterocycles. The molecule has 0 N–H and O–H groups in total. The van der Waals surface area contributed by atoms with Crippen molar-refractivity contribution in [1.82, 2.24) is 14.6 Å². The molecule has 0 aliphatic carbocycles. The van der Waals surface area contributed by atoms with Crippen molar-refractivity contribution in [2.75, 3.05) is 0 Å². The van der Waals surface area contributed by atoms with Crippen LogP contribution < -0.4 is 10.1 Å². The van der Waals surface area contributed by atoms with Crippen molar-refractivity contribution in [1.29, 1.82) is 0 Å². The number of hydrogen-bond acceptors (Lipinski definition) is 4. The molecule has 0 unspecified atom stereocenters. The Morgan fingerprint density at radius 1 is 1.41 bits per heavy atom. The van der Waals surface area contributed by atoms with E-state index in [4.69, 9.17) is 0 Å². The smallest absolute Gasteiger partial charge is 0.266 e. The number of fused-ring (bicyclic) bond motifs is 1. The van der Waals surface area contributed by atoms with Crippen LogP contribution in [0.1, 0.15) is 5.56 Å². The maximum absolute atomic E-state index is 13.0. The predicted molar refractivity (Wildman–Crippen MR) is 62.3 cm³/mol. The van der Waals surface area contributed by atoms with Crippen LogP contribution >= 0.6 is 11.3 Å². The Hall–Kier alpha value is -2.08. The van der Waals surface area contributed by atoms with Gasteiger partial charge >= 0.3 is 0 Å². The summed E-state index contributed by atoms with van der Waals surface area (Å²) in [5.41, 5.74) is 0.415. The van der Waals surface area contributed by atoms with E-state index in [-0.39, 0.29) is 11.4 Å². The molecule has 0 bridgehead atoms. The molecule has 0 saturated heterocycles. The molecule has 0 fully saturated rings. The number of rotatable bonds is 1. The van der Waals surface area contributed by atoms with Crippen LogP contribution in [0.2, 0.25) is 0 Å². The average Bonchev–Trinajstić information content (AvgIpc) is 2.84. The van der Waals surface area contributed by atoms with Crippen LogP contribution in [0.4, 0.5) is 4.39 Å². The van der Waals surface area contributed by atoms with Gasteiger partial charge in [0.05, 0.1) is 4.53 Å². The SMILES string of the molecule is O=c1/c(=C/c2cccc(F)c2)sc2ncnn12. The van der Waals surface area contributed by atoms with Crippen LogP contribution in [0.15, 0.2) is 35.4 Å². The summed E-state index contributed by atoms with van der Waals surface area (Å²) in [6.45, 7) is 0. The molecule has 0 radical (unpaired) electrons. The third-order valence-corrected chi connectivity index (χ3v) is 3.24.